The van der Waals surface area contributed by atoms with Crippen LogP contribution in [-0.4, -0.2) is 48.7 Å². The first kappa shape index (κ1) is 15.1. The number of sulfonamides is 1. The van der Waals surface area contributed by atoms with Gasteiger partial charge in [-0.05, 0) is 13.8 Å². The van der Waals surface area contributed by atoms with Crippen LogP contribution in [0.15, 0.2) is 4.90 Å². The van der Waals surface area contributed by atoms with Gasteiger partial charge in [0, 0.05) is 0 Å². The Labute approximate surface area is 109 Å². The standard InChI is InChI=1S/C9H14N4O5S/c1-5-9(6(2)13-12-5)19(17,18)11-3-7(14)10-4-8(15)16/h11H,3-4H2,1-2H3,(H,10,14)(H,12,13)(H,15,16). The summed E-state index contributed by atoms with van der Waals surface area (Å²) in [6.45, 7) is 1.95. The van der Waals surface area contributed by atoms with Crippen LogP contribution in [0.2, 0.25) is 0 Å². The van der Waals surface area contributed by atoms with Gasteiger partial charge in [0.1, 0.15) is 11.4 Å². The first-order chi connectivity index (χ1) is 8.74. The molecule has 9 nitrogen and oxygen atoms in total. The molecule has 0 aromatic carbocycles. The molecule has 0 spiro atoms. The highest BCUT2D eigenvalue weighted by atomic mass is 32.2. The van der Waals surface area contributed by atoms with E-state index < -0.39 is 35.0 Å². The van der Waals surface area contributed by atoms with Crippen LogP contribution in [0.1, 0.15) is 11.4 Å². The molecule has 4 N–H and O–H groups in total. The highest BCUT2D eigenvalue weighted by Gasteiger charge is 2.22. The van der Waals surface area contributed by atoms with Crippen molar-refractivity contribution in [2.45, 2.75) is 18.7 Å². The van der Waals surface area contributed by atoms with Crippen molar-refractivity contribution < 1.29 is 23.1 Å². The lowest BCUT2D eigenvalue weighted by molar-refractivity contribution is -0.137. The Hall–Kier alpha value is -1.94. The minimum Gasteiger partial charge on any atom is -0.480 e. The number of aromatic nitrogens is 2. The average molecular weight is 290 g/mol. The lowest BCUT2D eigenvalue weighted by atomic mass is 10.4. The predicted molar refractivity (Wildman–Crippen MR) is 63.9 cm³/mol. The molecule has 1 aromatic rings. The van der Waals surface area contributed by atoms with E-state index in [9.17, 15) is 18.0 Å². The summed E-state index contributed by atoms with van der Waals surface area (Å²) in [5, 5.41) is 16.7. The molecule has 1 heterocycles. The van der Waals surface area contributed by atoms with Crippen LogP contribution >= 0.6 is 0 Å². The molecule has 1 rings (SSSR count). The van der Waals surface area contributed by atoms with E-state index >= 15 is 0 Å². The maximum atomic E-state index is 11.9. The molecule has 1 amide bonds. The Morgan fingerprint density at radius 2 is 1.95 bits per heavy atom. The number of hydrogen-bond donors (Lipinski definition) is 4. The largest absolute Gasteiger partial charge is 0.480 e. The summed E-state index contributed by atoms with van der Waals surface area (Å²) < 4.78 is 25.9. The Morgan fingerprint density at radius 1 is 1.32 bits per heavy atom. The second kappa shape index (κ2) is 5.80. The first-order valence-electron chi connectivity index (χ1n) is 5.23. The fraction of sp³-hybridized carbons (Fsp3) is 0.444. The van der Waals surface area contributed by atoms with Crippen LogP contribution in [0.4, 0.5) is 0 Å². The minimum atomic E-state index is -3.86. The number of aliphatic carboxylic acids is 1. The number of H-pyrrole nitrogens is 1. The normalized spacial score (nSPS) is 11.3. The summed E-state index contributed by atoms with van der Waals surface area (Å²) in [6, 6.07) is 0. The average Bonchev–Trinajstić information content (AvgIpc) is 2.64. The van der Waals surface area contributed by atoms with Gasteiger partial charge < -0.3 is 10.4 Å². The van der Waals surface area contributed by atoms with Gasteiger partial charge in [-0.3, -0.25) is 14.7 Å². The van der Waals surface area contributed by atoms with E-state index in [1.165, 1.54) is 6.92 Å². The fourth-order valence-electron chi connectivity index (χ4n) is 1.41. The fourth-order valence-corrected chi connectivity index (χ4v) is 2.75. The van der Waals surface area contributed by atoms with Gasteiger partial charge in [-0.15, -0.1) is 0 Å². The monoisotopic (exact) mass is 290 g/mol. The third kappa shape index (κ3) is 4.03. The minimum absolute atomic E-state index is 0.0152. The summed E-state index contributed by atoms with van der Waals surface area (Å²) in [6.07, 6.45) is 0. The summed E-state index contributed by atoms with van der Waals surface area (Å²) >= 11 is 0. The molecule has 0 aliphatic rings. The van der Waals surface area contributed by atoms with E-state index in [0.717, 1.165) is 0 Å². The topological polar surface area (TPSA) is 141 Å². The Bertz CT molecular complexity index is 572. The van der Waals surface area contributed by atoms with Crippen LogP contribution in [-0.2, 0) is 19.6 Å². The first-order valence-corrected chi connectivity index (χ1v) is 6.72. The molecule has 0 radical (unpaired) electrons. The van der Waals surface area contributed by atoms with E-state index in [1.54, 1.807) is 6.92 Å². The summed E-state index contributed by atoms with van der Waals surface area (Å²) in [7, 11) is -3.86. The molecule has 0 fully saturated rings. The third-order valence-corrected chi connectivity index (χ3v) is 3.85. The second-order valence-electron chi connectivity index (χ2n) is 3.76. The van der Waals surface area contributed by atoms with Crippen molar-refractivity contribution in [3.05, 3.63) is 11.4 Å². The molecule has 0 aliphatic heterocycles. The molecular weight excluding hydrogens is 276 g/mol. The van der Waals surface area contributed by atoms with Gasteiger partial charge in [0.05, 0.1) is 17.9 Å². The molecule has 0 atom stereocenters. The van der Waals surface area contributed by atoms with Gasteiger partial charge in [-0.2, -0.15) is 5.10 Å². The highest BCUT2D eigenvalue weighted by Crippen LogP contribution is 2.15. The molecule has 0 aliphatic carbocycles. The number of carbonyl (C=O) groups is 2. The van der Waals surface area contributed by atoms with Crippen molar-refractivity contribution in [2.75, 3.05) is 13.1 Å². The lowest BCUT2D eigenvalue weighted by Gasteiger charge is -2.06. The lowest BCUT2D eigenvalue weighted by Crippen LogP contribution is -2.39. The van der Waals surface area contributed by atoms with E-state index in [4.69, 9.17) is 5.11 Å². The number of carboxylic acid groups (broad SMARTS) is 1. The maximum absolute atomic E-state index is 11.9. The Balaban J connectivity index is 2.67. The van der Waals surface area contributed by atoms with Gasteiger partial charge in [0.25, 0.3) is 0 Å². The second-order valence-corrected chi connectivity index (χ2v) is 5.46. The quantitative estimate of drug-likeness (QED) is 0.502. The van der Waals surface area contributed by atoms with Gasteiger partial charge >= 0.3 is 5.97 Å². The third-order valence-electron chi connectivity index (χ3n) is 2.19. The number of nitrogens with one attached hydrogen (secondary N) is 3. The Kier molecular flexibility index (Phi) is 4.62. The van der Waals surface area contributed by atoms with Crippen LogP contribution < -0.4 is 10.0 Å². The van der Waals surface area contributed by atoms with Crippen molar-refractivity contribution in [3.63, 3.8) is 0 Å². The van der Waals surface area contributed by atoms with E-state index in [-0.39, 0.29) is 10.6 Å². The van der Waals surface area contributed by atoms with Gasteiger partial charge in [0.15, 0.2) is 0 Å². The molecule has 19 heavy (non-hydrogen) atoms. The van der Waals surface area contributed by atoms with Crippen molar-refractivity contribution in [2.24, 2.45) is 0 Å². The van der Waals surface area contributed by atoms with Gasteiger partial charge in [-0.1, -0.05) is 0 Å². The summed E-state index contributed by atoms with van der Waals surface area (Å²) in [5.74, 6) is -1.94. The molecular formula is C9H14N4O5S. The van der Waals surface area contributed by atoms with Crippen molar-refractivity contribution in [1.29, 1.82) is 0 Å². The van der Waals surface area contributed by atoms with Gasteiger partial charge in [0.2, 0.25) is 15.9 Å². The number of amides is 1. The number of carbonyl (C=O) groups excluding carboxylic acids is 1. The van der Waals surface area contributed by atoms with E-state index in [1.807, 2.05) is 5.32 Å². The van der Waals surface area contributed by atoms with Crippen molar-refractivity contribution >= 4 is 21.9 Å². The van der Waals surface area contributed by atoms with E-state index in [0.29, 0.717) is 5.69 Å². The number of hydrogen-bond acceptors (Lipinski definition) is 5. The number of rotatable bonds is 6. The number of nitrogens with zero attached hydrogens (tertiary/aromatic N) is 1. The molecule has 0 unspecified atom stereocenters. The number of aryl methyl sites for hydroxylation is 2. The zero-order valence-corrected chi connectivity index (χ0v) is 11.2. The highest BCUT2D eigenvalue weighted by molar-refractivity contribution is 7.89. The molecule has 0 saturated carbocycles. The zero-order valence-electron chi connectivity index (χ0n) is 10.3. The SMILES string of the molecule is Cc1n[nH]c(C)c1S(=O)(=O)NCC(=O)NCC(=O)O. The molecule has 0 bridgehead atoms. The molecule has 0 saturated heterocycles. The smallest absolute Gasteiger partial charge is 0.322 e. The van der Waals surface area contributed by atoms with E-state index in [2.05, 4.69) is 14.9 Å². The molecule has 10 heteroatoms. The maximum Gasteiger partial charge on any atom is 0.322 e. The Morgan fingerprint density at radius 3 is 2.42 bits per heavy atom. The van der Waals surface area contributed by atoms with Crippen LogP contribution in [0.5, 0.6) is 0 Å². The van der Waals surface area contributed by atoms with Crippen LogP contribution in [0.3, 0.4) is 0 Å². The summed E-state index contributed by atoms with van der Waals surface area (Å²) in [4.78, 5) is 21.4. The van der Waals surface area contributed by atoms with Crippen molar-refractivity contribution in [1.82, 2.24) is 20.2 Å². The van der Waals surface area contributed by atoms with Crippen LogP contribution in [0.25, 0.3) is 0 Å². The number of carboxylic acids is 1. The van der Waals surface area contributed by atoms with Gasteiger partial charge in [-0.25, -0.2) is 13.1 Å². The molecule has 106 valence electrons. The van der Waals surface area contributed by atoms with Crippen molar-refractivity contribution in [3.8, 4) is 0 Å². The zero-order chi connectivity index (χ0) is 14.6. The summed E-state index contributed by atoms with van der Waals surface area (Å²) in [5.41, 5.74) is 0.645. The molecule has 1 aromatic heterocycles. The van der Waals surface area contributed by atoms with Crippen LogP contribution in [0, 0.1) is 13.8 Å². The predicted octanol–water partition coefficient (Wildman–Crippen LogP) is -1.49. The number of aromatic amines is 1.